The van der Waals surface area contributed by atoms with Gasteiger partial charge in [-0.15, -0.1) is 0 Å². The lowest BCUT2D eigenvalue weighted by atomic mass is 10.2. The molecule has 1 atom stereocenters. The molecule has 0 aromatic heterocycles. The van der Waals surface area contributed by atoms with Crippen LogP contribution in [0.2, 0.25) is 0 Å². The van der Waals surface area contributed by atoms with Crippen molar-refractivity contribution in [3.8, 4) is 0 Å². The first-order chi connectivity index (χ1) is 5.16. The van der Waals surface area contributed by atoms with Crippen molar-refractivity contribution < 1.29 is 14.3 Å². The Morgan fingerprint density at radius 1 is 1.73 bits per heavy atom. The van der Waals surface area contributed by atoms with Gasteiger partial charge in [0.05, 0.1) is 6.61 Å². The van der Waals surface area contributed by atoms with Crippen LogP contribution in [0.4, 0.5) is 0 Å². The lowest BCUT2D eigenvalue weighted by molar-refractivity contribution is -0.145. The summed E-state index contributed by atoms with van der Waals surface area (Å²) in [5.74, 6) is -0.121. The molecule has 0 saturated carbocycles. The highest BCUT2D eigenvalue weighted by Gasteiger charge is 2.40. The Kier molecular flexibility index (Phi) is 2.49. The van der Waals surface area contributed by atoms with Gasteiger partial charge in [0.2, 0.25) is 0 Å². The minimum Gasteiger partial charge on any atom is -0.463 e. The Balaban J connectivity index is 2.06. The van der Waals surface area contributed by atoms with Gasteiger partial charge in [-0.2, -0.15) is 0 Å². The summed E-state index contributed by atoms with van der Waals surface area (Å²) >= 11 is 0. The third-order valence-corrected chi connectivity index (χ3v) is 1.63. The molecule has 64 valence electrons. The fourth-order valence-corrected chi connectivity index (χ4v) is 0.716. The quantitative estimate of drug-likeness (QED) is 0.454. The molecule has 1 fully saturated rings. The smallest absolute Gasteiger partial charge is 0.305 e. The third-order valence-electron chi connectivity index (χ3n) is 1.63. The third kappa shape index (κ3) is 2.89. The summed E-state index contributed by atoms with van der Waals surface area (Å²) in [5.41, 5.74) is -0.163. The van der Waals surface area contributed by atoms with Gasteiger partial charge in [0.25, 0.3) is 0 Å². The maximum absolute atomic E-state index is 10.8. The van der Waals surface area contributed by atoms with Gasteiger partial charge in [0.1, 0.15) is 12.2 Å². The zero-order chi connectivity index (χ0) is 8.32. The van der Waals surface area contributed by atoms with Crippen LogP contribution >= 0.6 is 0 Å². The number of carbonyl (C=O) groups is 1. The number of carbonyl (C=O) groups excluding carboxylic acids is 1. The fraction of sp³-hybridized carbons (Fsp3) is 0.875. The molecule has 0 bridgehead atoms. The van der Waals surface area contributed by atoms with E-state index in [0.717, 1.165) is 6.42 Å². The van der Waals surface area contributed by atoms with E-state index in [2.05, 4.69) is 0 Å². The van der Waals surface area contributed by atoms with Crippen LogP contribution in [0, 0.1) is 0 Å². The van der Waals surface area contributed by atoms with Crippen molar-refractivity contribution in [1.82, 2.24) is 0 Å². The first kappa shape index (κ1) is 8.53. The van der Waals surface area contributed by atoms with Crippen LogP contribution < -0.4 is 0 Å². The lowest BCUT2D eigenvalue weighted by Gasteiger charge is -2.05. The van der Waals surface area contributed by atoms with Crippen molar-refractivity contribution in [2.45, 2.75) is 32.3 Å². The minimum absolute atomic E-state index is 0.121. The Hall–Kier alpha value is -0.570. The monoisotopic (exact) mass is 158 g/mol. The van der Waals surface area contributed by atoms with Gasteiger partial charge < -0.3 is 9.47 Å². The molecule has 0 spiro atoms. The second kappa shape index (κ2) is 3.22. The highest BCUT2D eigenvalue weighted by atomic mass is 16.6. The summed E-state index contributed by atoms with van der Waals surface area (Å²) in [7, 11) is 0. The van der Waals surface area contributed by atoms with Crippen LogP contribution in [0.15, 0.2) is 0 Å². The molecule has 0 aromatic rings. The summed E-state index contributed by atoms with van der Waals surface area (Å²) in [6, 6.07) is 0. The topological polar surface area (TPSA) is 38.8 Å². The molecule has 0 N–H and O–H groups in total. The van der Waals surface area contributed by atoms with E-state index >= 15 is 0 Å². The standard InChI is InChI=1S/C8H14O3/c1-3-4-7(9)10-5-8(2)6-11-8/h3-6H2,1-2H3/t8-/m0/s1. The number of hydrogen-bond acceptors (Lipinski definition) is 3. The van der Waals surface area contributed by atoms with Crippen LogP contribution in [0.1, 0.15) is 26.7 Å². The average molecular weight is 158 g/mol. The maximum Gasteiger partial charge on any atom is 0.305 e. The highest BCUT2D eigenvalue weighted by molar-refractivity contribution is 5.69. The summed E-state index contributed by atoms with van der Waals surface area (Å²) in [5, 5.41) is 0. The number of ether oxygens (including phenoxy) is 2. The normalized spacial score (nSPS) is 28.2. The molecule has 0 aromatic carbocycles. The van der Waals surface area contributed by atoms with E-state index in [0.29, 0.717) is 19.6 Å². The average Bonchev–Trinajstić information content (AvgIpc) is 2.66. The molecule has 0 amide bonds. The van der Waals surface area contributed by atoms with E-state index in [4.69, 9.17) is 9.47 Å². The van der Waals surface area contributed by atoms with Crippen LogP contribution in [0.25, 0.3) is 0 Å². The Morgan fingerprint density at radius 3 is 2.82 bits per heavy atom. The zero-order valence-corrected chi connectivity index (χ0v) is 7.05. The zero-order valence-electron chi connectivity index (χ0n) is 7.05. The number of rotatable bonds is 4. The van der Waals surface area contributed by atoms with Gasteiger partial charge in [0, 0.05) is 6.42 Å². The molecule has 1 saturated heterocycles. The number of hydrogen-bond donors (Lipinski definition) is 0. The molecule has 11 heavy (non-hydrogen) atoms. The van der Waals surface area contributed by atoms with Gasteiger partial charge in [0.15, 0.2) is 0 Å². The summed E-state index contributed by atoms with van der Waals surface area (Å²) in [6.07, 6.45) is 1.35. The Bertz CT molecular complexity index is 149. The number of epoxide rings is 1. The summed E-state index contributed by atoms with van der Waals surface area (Å²) in [4.78, 5) is 10.8. The second-order valence-electron chi connectivity index (χ2n) is 3.15. The molecule has 1 aliphatic rings. The number of esters is 1. The molecule has 1 heterocycles. The molecule has 0 aliphatic carbocycles. The van der Waals surface area contributed by atoms with E-state index in [1.807, 2.05) is 13.8 Å². The van der Waals surface area contributed by atoms with E-state index in [-0.39, 0.29) is 11.6 Å². The van der Waals surface area contributed by atoms with Crippen molar-refractivity contribution >= 4 is 5.97 Å². The molecular formula is C8H14O3. The SMILES string of the molecule is CCCC(=O)OC[C@@]1(C)CO1. The van der Waals surface area contributed by atoms with E-state index in [1.54, 1.807) is 0 Å². The molecule has 1 rings (SSSR count). The van der Waals surface area contributed by atoms with Crippen LogP contribution in [0.5, 0.6) is 0 Å². The summed E-state index contributed by atoms with van der Waals surface area (Å²) in [6.45, 7) is 5.01. The second-order valence-corrected chi connectivity index (χ2v) is 3.15. The van der Waals surface area contributed by atoms with Gasteiger partial charge in [-0.05, 0) is 13.3 Å². The molecule has 0 radical (unpaired) electrons. The van der Waals surface area contributed by atoms with Gasteiger partial charge in [-0.1, -0.05) is 6.92 Å². The largest absolute Gasteiger partial charge is 0.463 e. The first-order valence-electron chi connectivity index (χ1n) is 3.96. The lowest BCUT2D eigenvalue weighted by Crippen LogP contribution is -2.18. The van der Waals surface area contributed by atoms with Crippen molar-refractivity contribution in [1.29, 1.82) is 0 Å². The van der Waals surface area contributed by atoms with Gasteiger partial charge >= 0.3 is 5.97 Å². The van der Waals surface area contributed by atoms with Crippen LogP contribution in [0.3, 0.4) is 0 Å². The maximum atomic E-state index is 10.8. The van der Waals surface area contributed by atoms with E-state index < -0.39 is 0 Å². The van der Waals surface area contributed by atoms with Crippen molar-refractivity contribution in [2.75, 3.05) is 13.2 Å². The molecule has 1 aliphatic heterocycles. The van der Waals surface area contributed by atoms with Gasteiger partial charge in [-0.3, -0.25) is 4.79 Å². The van der Waals surface area contributed by atoms with E-state index in [1.165, 1.54) is 0 Å². The molecule has 3 nitrogen and oxygen atoms in total. The van der Waals surface area contributed by atoms with Gasteiger partial charge in [-0.25, -0.2) is 0 Å². The molecule has 3 heteroatoms. The Labute approximate surface area is 66.7 Å². The van der Waals surface area contributed by atoms with Crippen LogP contribution in [-0.2, 0) is 14.3 Å². The van der Waals surface area contributed by atoms with Crippen molar-refractivity contribution in [3.63, 3.8) is 0 Å². The fourth-order valence-electron chi connectivity index (χ4n) is 0.716. The van der Waals surface area contributed by atoms with Crippen molar-refractivity contribution in [3.05, 3.63) is 0 Å². The van der Waals surface area contributed by atoms with E-state index in [9.17, 15) is 4.79 Å². The highest BCUT2D eigenvalue weighted by Crippen LogP contribution is 2.25. The molecular weight excluding hydrogens is 144 g/mol. The first-order valence-corrected chi connectivity index (χ1v) is 3.96. The predicted molar refractivity (Wildman–Crippen MR) is 40.2 cm³/mol. The van der Waals surface area contributed by atoms with Crippen molar-refractivity contribution in [2.24, 2.45) is 0 Å². The van der Waals surface area contributed by atoms with Crippen LogP contribution in [-0.4, -0.2) is 24.8 Å². The predicted octanol–water partition coefficient (Wildman–Crippen LogP) is 1.12. The minimum atomic E-state index is -0.163. The summed E-state index contributed by atoms with van der Waals surface area (Å²) < 4.78 is 9.99. The molecule has 0 unspecified atom stereocenters. The Morgan fingerprint density at radius 2 is 2.36 bits per heavy atom.